The van der Waals surface area contributed by atoms with Crippen molar-refractivity contribution in [2.24, 2.45) is 0 Å². The first-order valence-corrected chi connectivity index (χ1v) is 7.38. The van der Waals surface area contributed by atoms with Gasteiger partial charge in [0.15, 0.2) is 0 Å². The van der Waals surface area contributed by atoms with Crippen LogP contribution in [0.2, 0.25) is 0 Å². The zero-order valence-electron chi connectivity index (χ0n) is 10.9. The quantitative estimate of drug-likeness (QED) is 0.842. The SMILES string of the molecule is CCN1C(=O)CCc2cc(SCCC(=O)O)ccc21. The van der Waals surface area contributed by atoms with Crippen LogP contribution in [0.5, 0.6) is 0 Å². The Morgan fingerprint density at radius 3 is 2.89 bits per heavy atom. The largest absolute Gasteiger partial charge is 0.481 e. The van der Waals surface area contributed by atoms with Crippen molar-refractivity contribution in [1.29, 1.82) is 0 Å². The van der Waals surface area contributed by atoms with E-state index in [2.05, 4.69) is 6.07 Å². The van der Waals surface area contributed by atoms with Gasteiger partial charge in [0, 0.05) is 29.3 Å². The second-order valence-corrected chi connectivity index (χ2v) is 5.59. The van der Waals surface area contributed by atoms with Gasteiger partial charge >= 0.3 is 5.97 Å². The van der Waals surface area contributed by atoms with Gasteiger partial charge in [-0.3, -0.25) is 9.59 Å². The number of nitrogens with zero attached hydrogens (tertiary/aromatic N) is 1. The molecule has 0 aromatic heterocycles. The molecule has 4 nitrogen and oxygen atoms in total. The number of rotatable bonds is 5. The van der Waals surface area contributed by atoms with E-state index < -0.39 is 5.97 Å². The molecule has 5 heteroatoms. The number of hydrogen-bond acceptors (Lipinski definition) is 3. The zero-order valence-corrected chi connectivity index (χ0v) is 11.7. The minimum atomic E-state index is -0.770. The number of anilines is 1. The van der Waals surface area contributed by atoms with Gasteiger partial charge < -0.3 is 10.0 Å². The summed E-state index contributed by atoms with van der Waals surface area (Å²) in [5.74, 6) is -0.0145. The van der Waals surface area contributed by atoms with Crippen LogP contribution in [0, 0.1) is 0 Å². The van der Waals surface area contributed by atoms with Crippen LogP contribution in [0.1, 0.15) is 25.3 Å². The first-order valence-electron chi connectivity index (χ1n) is 6.39. The predicted molar refractivity (Wildman–Crippen MR) is 75.8 cm³/mol. The van der Waals surface area contributed by atoms with Crippen molar-refractivity contribution in [3.05, 3.63) is 23.8 Å². The average Bonchev–Trinajstić information content (AvgIpc) is 2.38. The number of thioether (sulfide) groups is 1. The molecule has 1 amide bonds. The number of carboxylic acids is 1. The van der Waals surface area contributed by atoms with E-state index in [0.717, 1.165) is 17.0 Å². The van der Waals surface area contributed by atoms with Crippen molar-refractivity contribution in [1.82, 2.24) is 0 Å². The first kappa shape index (κ1) is 13.9. The Morgan fingerprint density at radius 2 is 2.21 bits per heavy atom. The van der Waals surface area contributed by atoms with Gasteiger partial charge in [-0.05, 0) is 37.1 Å². The van der Waals surface area contributed by atoms with Crippen LogP contribution in [0.3, 0.4) is 0 Å². The van der Waals surface area contributed by atoms with Gasteiger partial charge in [-0.15, -0.1) is 11.8 Å². The van der Waals surface area contributed by atoms with Gasteiger partial charge in [0.25, 0.3) is 0 Å². The molecule has 0 radical (unpaired) electrons. The molecule has 0 bridgehead atoms. The number of aliphatic carboxylic acids is 1. The summed E-state index contributed by atoms with van der Waals surface area (Å²) in [5.41, 5.74) is 2.18. The summed E-state index contributed by atoms with van der Waals surface area (Å²) in [4.78, 5) is 25.1. The summed E-state index contributed by atoms with van der Waals surface area (Å²) in [6, 6.07) is 6.02. The molecular formula is C14H17NO3S. The molecule has 0 saturated heterocycles. The number of hydrogen-bond donors (Lipinski definition) is 1. The molecule has 0 spiro atoms. The van der Waals surface area contributed by atoms with Crippen molar-refractivity contribution in [3.8, 4) is 0 Å². The van der Waals surface area contributed by atoms with Gasteiger partial charge in [0.2, 0.25) is 5.91 Å². The number of amides is 1. The Bertz CT molecular complexity index is 501. The average molecular weight is 279 g/mol. The summed E-state index contributed by atoms with van der Waals surface area (Å²) in [6.07, 6.45) is 1.50. The number of carbonyl (C=O) groups is 2. The molecule has 102 valence electrons. The van der Waals surface area contributed by atoms with E-state index in [0.29, 0.717) is 18.7 Å². The summed E-state index contributed by atoms with van der Waals surface area (Å²) in [5, 5.41) is 8.62. The fraction of sp³-hybridized carbons (Fsp3) is 0.429. The number of benzene rings is 1. The lowest BCUT2D eigenvalue weighted by Gasteiger charge is -2.28. The van der Waals surface area contributed by atoms with Crippen molar-refractivity contribution < 1.29 is 14.7 Å². The lowest BCUT2D eigenvalue weighted by atomic mass is 10.0. The summed E-state index contributed by atoms with van der Waals surface area (Å²) in [6.45, 7) is 2.67. The topological polar surface area (TPSA) is 57.6 Å². The Morgan fingerprint density at radius 1 is 1.42 bits per heavy atom. The second kappa shape index (κ2) is 6.10. The van der Waals surface area contributed by atoms with Crippen molar-refractivity contribution in [3.63, 3.8) is 0 Å². The van der Waals surface area contributed by atoms with E-state index in [4.69, 9.17) is 5.11 Å². The predicted octanol–water partition coefficient (Wildman–Crippen LogP) is 2.55. The molecule has 0 atom stereocenters. The van der Waals surface area contributed by atoms with Gasteiger partial charge in [-0.2, -0.15) is 0 Å². The maximum Gasteiger partial charge on any atom is 0.304 e. The number of carboxylic acid groups (broad SMARTS) is 1. The van der Waals surface area contributed by atoms with Gasteiger partial charge in [-0.1, -0.05) is 0 Å². The minimum Gasteiger partial charge on any atom is -0.481 e. The van der Waals surface area contributed by atoms with E-state index in [1.165, 1.54) is 5.56 Å². The maximum atomic E-state index is 11.8. The normalized spacial score (nSPS) is 14.4. The fourth-order valence-corrected chi connectivity index (χ4v) is 3.13. The second-order valence-electron chi connectivity index (χ2n) is 4.42. The van der Waals surface area contributed by atoms with E-state index >= 15 is 0 Å². The van der Waals surface area contributed by atoms with E-state index in [-0.39, 0.29) is 12.3 Å². The van der Waals surface area contributed by atoms with Crippen LogP contribution in [0.15, 0.2) is 23.1 Å². The molecule has 1 aliphatic rings. The number of fused-ring (bicyclic) bond motifs is 1. The highest BCUT2D eigenvalue weighted by Crippen LogP contribution is 2.31. The molecule has 1 heterocycles. The Hall–Kier alpha value is -1.49. The Kier molecular flexibility index (Phi) is 4.47. The smallest absolute Gasteiger partial charge is 0.304 e. The molecule has 2 rings (SSSR count). The standard InChI is InChI=1S/C14H17NO3S/c1-2-15-12-5-4-11(19-8-7-14(17)18)9-10(12)3-6-13(15)16/h4-5,9H,2-3,6-8H2,1H3,(H,17,18). The monoisotopic (exact) mass is 279 g/mol. The molecule has 1 N–H and O–H groups in total. The third kappa shape index (κ3) is 3.29. The zero-order chi connectivity index (χ0) is 13.8. The van der Waals surface area contributed by atoms with Crippen molar-refractivity contribution >= 4 is 29.3 Å². The molecule has 1 aliphatic heterocycles. The highest BCUT2D eigenvalue weighted by Gasteiger charge is 2.22. The molecule has 0 fully saturated rings. The molecule has 1 aromatic carbocycles. The lowest BCUT2D eigenvalue weighted by Crippen LogP contribution is -2.34. The fourth-order valence-electron chi connectivity index (χ4n) is 2.23. The highest BCUT2D eigenvalue weighted by atomic mass is 32.2. The Balaban J connectivity index is 2.11. The van der Waals surface area contributed by atoms with Gasteiger partial charge in [-0.25, -0.2) is 0 Å². The van der Waals surface area contributed by atoms with E-state index in [9.17, 15) is 9.59 Å². The minimum absolute atomic E-state index is 0.168. The molecular weight excluding hydrogens is 262 g/mol. The van der Waals surface area contributed by atoms with Crippen LogP contribution in [-0.4, -0.2) is 29.3 Å². The van der Waals surface area contributed by atoms with Crippen molar-refractivity contribution in [2.45, 2.75) is 31.1 Å². The van der Waals surface area contributed by atoms with Crippen molar-refractivity contribution in [2.75, 3.05) is 17.2 Å². The van der Waals surface area contributed by atoms with Gasteiger partial charge in [0.1, 0.15) is 0 Å². The lowest BCUT2D eigenvalue weighted by molar-refractivity contribution is -0.136. The number of carbonyl (C=O) groups excluding carboxylic acids is 1. The third-order valence-electron chi connectivity index (χ3n) is 3.15. The highest BCUT2D eigenvalue weighted by molar-refractivity contribution is 7.99. The van der Waals surface area contributed by atoms with Crippen LogP contribution in [0.4, 0.5) is 5.69 Å². The molecule has 0 unspecified atom stereocenters. The summed E-state index contributed by atoms with van der Waals surface area (Å²) >= 11 is 1.55. The molecule has 0 saturated carbocycles. The van der Waals surface area contributed by atoms with Crippen LogP contribution < -0.4 is 4.90 Å². The Labute approximate surface area is 116 Å². The number of aryl methyl sites for hydroxylation is 1. The summed E-state index contributed by atoms with van der Waals surface area (Å²) < 4.78 is 0. The molecule has 0 aliphatic carbocycles. The van der Waals surface area contributed by atoms with E-state index in [1.54, 1.807) is 11.8 Å². The first-order chi connectivity index (χ1) is 9.11. The summed E-state index contributed by atoms with van der Waals surface area (Å²) in [7, 11) is 0. The van der Waals surface area contributed by atoms with Crippen LogP contribution >= 0.6 is 11.8 Å². The van der Waals surface area contributed by atoms with E-state index in [1.807, 2.05) is 24.0 Å². The molecule has 19 heavy (non-hydrogen) atoms. The van der Waals surface area contributed by atoms with Crippen LogP contribution in [-0.2, 0) is 16.0 Å². The molecule has 1 aromatic rings. The van der Waals surface area contributed by atoms with Crippen LogP contribution in [0.25, 0.3) is 0 Å². The third-order valence-corrected chi connectivity index (χ3v) is 4.15. The maximum absolute atomic E-state index is 11.8. The van der Waals surface area contributed by atoms with Gasteiger partial charge in [0.05, 0.1) is 6.42 Å².